The van der Waals surface area contributed by atoms with E-state index in [-0.39, 0.29) is 6.10 Å². The van der Waals surface area contributed by atoms with E-state index < -0.39 is 10.2 Å². The molecule has 15 heavy (non-hydrogen) atoms. The van der Waals surface area contributed by atoms with E-state index in [0.29, 0.717) is 26.1 Å². The zero-order valence-electron chi connectivity index (χ0n) is 9.82. The first-order chi connectivity index (χ1) is 7.10. The van der Waals surface area contributed by atoms with Gasteiger partial charge in [-0.3, -0.25) is 0 Å². The van der Waals surface area contributed by atoms with Crippen LogP contribution in [0.1, 0.15) is 33.6 Å². The maximum atomic E-state index is 12.6. The molecule has 86 valence electrons. The second-order valence-electron chi connectivity index (χ2n) is 4.09. The van der Waals surface area contributed by atoms with Crippen molar-refractivity contribution in [1.82, 2.24) is 0 Å². The van der Waals surface area contributed by atoms with E-state index in [1.807, 2.05) is 20.8 Å². The molecule has 1 heterocycles. The number of ether oxygens (including phenoxy) is 1. The number of quaternary nitrogens is 1. The summed E-state index contributed by atoms with van der Waals surface area (Å²) in [6, 6.07) is 2.24. The van der Waals surface area contributed by atoms with Crippen molar-refractivity contribution >= 4 is 0 Å². The van der Waals surface area contributed by atoms with E-state index in [4.69, 9.17) is 4.74 Å². The van der Waals surface area contributed by atoms with Crippen molar-refractivity contribution in [2.75, 3.05) is 19.7 Å². The molecule has 0 saturated carbocycles. The van der Waals surface area contributed by atoms with Crippen LogP contribution in [0.15, 0.2) is 0 Å². The van der Waals surface area contributed by atoms with Crippen LogP contribution >= 0.6 is 0 Å². The monoisotopic (exact) mass is 212 g/mol. The van der Waals surface area contributed by atoms with Gasteiger partial charge in [-0.2, -0.15) is 5.26 Å². The van der Waals surface area contributed by atoms with Crippen molar-refractivity contribution in [1.29, 1.82) is 5.26 Å². The topological polar surface area (TPSA) is 56.1 Å². The Labute approximate surface area is 91.6 Å². The molecule has 0 radical (unpaired) electrons. The minimum absolute atomic E-state index is 0.223. The number of likely N-dealkylation sites (N-methyl/N-ethyl adjacent to an activating group) is 1. The molecule has 0 amide bonds. The van der Waals surface area contributed by atoms with E-state index >= 15 is 0 Å². The molecule has 1 rings (SSSR count). The Morgan fingerprint density at radius 3 is 2.60 bits per heavy atom. The van der Waals surface area contributed by atoms with Crippen LogP contribution in [0.25, 0.3) is 0 Å². The summed E-state index contributed by atoms with van der Waals surface area (Å²) in [5, 5.41) is 22.0. The molecular weight excluding hydrogens is 192 g/mol. The standard InChI is InChI=1S/C11H20N2O2/c1-4-10-11(5-2,9-12)13(14,6-3)7-8-15-10/h10H,4-8H2,1-3H3. The largest absolute Gasteiger partial charge is 0.632 e. The van der Waals surface area contributed by atoms with Crippen LogP contribution in [0, 0.1) is 16.5 Å². The van der Waals surface area contributed by atoms with Crippen LogP contribution in [0.4, 0.5) is 0 Å². The Bertz CT molecular complexity index is 264. The van der Waals surface area contributed by atoms with E-state index in [2.05, 4.69) is 6.07 Å². The van der Waals surface area contributed by atoms with Gasteiger partial charge < -0.3 is 14.6 Å². The Hall–Kier alpha value is -0.630. The van der Waals surface area contributed by atoms with Crippen LogP contribution in [0.3, 0.4) is 0 Å². The van der Waals surface area contributed by atoms with Crippen LogP contribution < -0.4 is 0 Å². The molecular formula is C11H20N2O2. The van der Waals surface area contributed by atoms with Crippen molar-refractivity contribution < 1.29 is 9.38 Å². The second-order valence-corrected chi connectivity index (χ2v) is 4.09. The number of hydrogen-bond acceptors (Lipinski definition) is 3. The van der Waals surface area contributed by atoms with E-state index in [0.717, 1.165) is 6.42 Å². The Morgan fingerprint density at radius 2 is 2.20 bits per heavy atom. The first-order valence-electron chi connectivity index (χ1n) is 5.71. The molecule has 1 aliphatic heterocycles. The quantitative estimate of drug-likeness (QED) is 0.529. The van der Waals surface area contributed by atoms with Gasteiger partial charge in [0.2, 0.25) is 5.54 Å². The summed E-state index contributed by atoms with van der Waals surface area (Å²) in [5.41, 5.74) is -0.901. The number of nitriles is 1. The molecule has 3 unspecified atom stereocenters. The summed E-state index contributed by atoms with van der Waals surface area (Å²) >= 11 is 0. The lowest BCUT2D eigenvalue weighted by Crippen LogP contribution is -2.70. The highest BCUT2D eigenvalue weighted by molar-refractivity contribution is 5.08. The predicted octanol–water partition coefficient (Wildman–Crippen LogP) is 1.80. The first-order valence-corrected chi connectivity index (χ1v) is 5.71. The fourth-order valence-corrected chi connectivity index (χ4v) is 2.60. The van der Waals surface area contributed by atoms with Crippen molar-refractivity contribution in [3.8, 4) is 6.07 Å². The summed E-state index contributed by atoms with van der Waals surface area (Å²) in [6.45, 7) is 7.04. The maximum Gasteiger partial charge on any atom is 0.211 e. The normalized spacial score (nSPS) is 41.1. The highest BCUT2D eigenvalue weighted by Crippen LogP contribution is 2.36. The van der Waals surface area contributed by atoms with Crippen molar-refractivity contribution in [3.63, 3.8) is 0 Å². The molecule has 3 atom stereocenters. The summed E-state index contributed by atoms with van der Waals surface area (Å²) in [4.78, 5) is 0. The van der Waals surface area contributed by atoms with Crippen molar-refractivity contribution in [2.24, 2.45) is 0 Å². The fraction of sp³-hybridized carbons (Fsp3) is 0.909. The summed E-state index contributed by atoms with van der Waals surface area (Å²) in [7, 11) is 0. The van der Waals surface area contributed by atoms with Gasteiger partial charge in [-0.25, -0.2) is 0 Å². The number of nitrogens with zero attached hydrogens (tertiary/aromatic N) is 2. The van der Waals surface area contributed by atoms with Crippen molar-refractivity contribution in [2.45, 2.75) is 45.3 Å². The van der Waals surface area contributed by atoms with E-state index in [1.54, 1.807) is 0 Å². The lowest BCUT2D eigenvalue weighted by Gasteiger charge is -2.57. The molecule has 0 N–H and O–H groups in total. The van der Waals surface area contributed by atoms with Crippen molar-refractivity contribution in [3.05, 3.63) is 5.21 Å². The molecule has 1 fully saturated rings. The number of hydroxylamine groups is 3. The zero-order valence-corrected chi connectivity index (χ0v) is 9.82. The van der Waals surface area contributed by atoms with Gasteiger partial charge in [0.05, 0.1) is 13.2 Å². The average Bonchev–Trinajstić information content (AvgIpc) is 2.28. The molecule has 0 spiro atoms. The van der Waals surface area contributed by atoms with Gasteiger partial charge in [-0.15, -0.1) is 0 Å². The van der Waals surface area contributed by atoms with Gasteiger partial charge in [0.25, 0.3) is 0 Å². The minimum atomic E-state index is -0.901. The number of hydrogen-bond donors (Lipinski definition) is 0. The molecule has 0 aliphatic carbocycles. The SMILES string of the molecule is CCC1OCC[N+]([O-])(CC)C1(C#N)CC. The van der Waals surface area contributed by atoms with Gasteiger partial charge in [0.1, 0.15) is 18.7 Å². The molecule has 0 aromatic carbocycles. The third kappa shape index (κ3) is 1.65. The Kier molecular flexibility index (Phi) is 3.72. The van der Waals surface area contributed by atoms with Gasteiger partial charge in [0.15, 0.2) is 0 Å². The Balaban J connectivity index is 3.12. The number of morpholine rings is 1. The van der Waals surface area contributed by atoms with E-state index in [9.17, 15) is 10.5 Å². The highest BCUT2D eigenvalue weighted by atomic mass is 16.6. The summed E-state index contributed by atoms with van der Waals surface area (Å²) in [6.07, 6.45) is 1.06. The third-order valence-corrected chi connectivity index (χ3v) is 3.65. The first kappa shape index (κ1) is 12.4. The second kappa shape index (κ2) is 4.48. The van der Waals surface area contributed by atoms with Crippen LogP contribution in [0.2, 0.25) is 0 Å². The summed E-state index contributed by atoms with van der Waals surface area (Å²) < 4.78 is 5.17. The molecule has 0 bridgehead atoms. The zero-order chi connectivity index (χ0) is 11.5. The molecule has 0 aromatic heterocycles. The molecule has 0 aromatic rings. The Morgan fingerprint density at radius 1 is 1.53 bits per heavy atom. The van der Waals surface area contributed by atoms with Gasteiger partial charge in [-0.1, -0.05) is 13.8 Å². The maximum absolute atomic E-state index is 12.6. The predicted molar refractivity (Wildman–Crippen MR) is 57.7 cm³/mol. The van der Waals surface area contributed by atoms with Crippen LogP contribution in [-0.4, -0.2) is 36.0 Å². The molecule has 4 nitrogen and oxygen atoms in total. The molecule has 1 aliphatic rings. The molecule has 1 saturated heterocycles. The van der Waals surface area contributed by atoms with E-state index in [1.165, 1.54) is 0 Å². The van der Waals surface area contributed by atoms with Gasteiger partial charge in [0, 0.05) is 6.42 Å². The lowest BCUT2D eigenvalue weighted by molar-refractivity contribution is -0.935. The average molecular weight is 212 g/mol. The van der Waals surface area contributed by atoms with Crippen LogP contribution in [0.5, 0.6) is 0 Å². The third-order valence-electron chi connectivity index (χ3n) is 3.65. The smallest absolute Gasteiger partial charge is 0.211 e. The number of rotatable bonds is 3. The van der Waals surface area contributed by atoms with Crippen LogP contribution in [-0.2, 0) is 4.74 Å². The lowest BCUT2D eigenvalue weighted by atomic mass is 9.85. The minimum Gasteiger partial charge on any atom is -0.632 e. The summed E-state index contributed by atoms with van der Waals surface area (Å²) in [5.74, 6) is 0. The molecule has 4 heteroatoms. The highest BCUT2D eigenvalue weighted by Gasteiger charge is 2.53. The van der Waals surface area contributed by atoms with Gasteiger partial charge in [-0.05, 0) is 13.3 Å². The fourth-order valence-electron chi connectivity index (χ4n) is 2.60. The van der Waals surface area contributed by atoms with Gasteiger partial charge >= 0.3 is 0 Å².